The zero-order valence-electron chi connectivity index (χ0n) is 8.22. The molecule has 0 aliphatic heterocycles. The van der Waals surface area contributed by atoms with Gasteiger partial charge in [0, 0.05) is 11.5 Å². The van der Waals surface area contributed by atoms with Crippen molar-refractivity contribution in [2.45, 2.75) is 0 Å². The number of methoxy groups -OCH3 is 1. The second-order valence-electron chi connectivity index (χ2n) is 2.71. The standard InChI is InChI=1S/C10H10ClN3O/c1-15-10-7-8(4-5-9(10)11)3-2-6-13-14-12/h2-5,7H,6H2,1H3. The number of nitrogens with zero attached hydrogens (tertiary/aromatic N) is 3. The summed E-state index contributed by atoms with van der Waals surface area (Å²) in [4.78, 5) is 2.64. The minimum absolute atomic E-state index is 0.335. The van der Waals surface area contributed by atoms with Crippen LogP contribution in [0.5, 0.6) is 5.75 Å². The Labute approximate surface area is 92.8 Å². The van der Waals surface area contributed by atoms with Gasteiger partial charge in [0.15, 0.2) is 0 Å². The molecular formula is C10H10ClN3O. The third kappa shape index (κ3) is 3.54. The molecule has 0 aliphatic carbocycles. The van der Waals surface area contributed by atoms with Gasteiger partial charge in [0.05, 0.1) is 12.1 Å². The lowest BCUT2D eigenvalue weighted by molar-refractivity contribution is 0.415. The largest absolute Gasteiger partial charge is 0.495 e. The summed E-state index contributed by atoms with van der Waals surface area (Å²) < 4.78 is 5.07. The van der Waals surface area contributed by atoms with Crippen LogP contribution in [0.3, 0.4) is 0 Å². The monoisotopic (exact) mass is 223 g/mol. The van der Waals surface area contributed by atoms with E-state index in [0.717, 1.165) is 5.56 Å². The first-order chi connectivity index (χ1) is 7.27. The van der Waals surface area contributed by atoms with Crippen LogP contribution in [0.4, 0.5) is 0 Å². The van der Waals surface area contributed by atoms with Crippen molar-refractivity contribution in [1.29, 1.82) is 0 Å². The Morgan fingerprint density at radius 3 is 3.07 bits per heavy atom. The minimum atomic E-state index is 0.335. The molecular weight excluding hydrogens is 214 g/mol. The molecule has 0 radical (unpaired) electrons. The van der Waals surface area contributed by atoms with Crippen molar-refractivity contribution in [3.63, 3.8) is 0 Å². The zero-order valence-corrected chi connectivity index (χ0v) is 8.98. The number of rotatable bonds is 4. The van der Waals surface area contributed by atoms with Crippen molar-refractivity contribution in [3.8, 4) is 5.75 Å². The highest BCUT2D eigenvalue weighted by atomic mass is 35.5. The first-order valence-corrected chi connectivity index (χ1v) is 4.66. The van der Waals surface area contributed by atoms with Gasteiger partial charge >= 0.3 is 0 Å². The number of ether oxygens (including phenoxy) is 1. The molecule has 0 unspecified atom stereocenters. The van der Waals surface area contributed by atoms with Crippen LogP contribution in [-0.2, 0) is 0 Å². The summed E-state index contributed by atoms with van der Waals surface area (Å²) in [6.45, 7) is 0.335. The van der Waals surface area contributed by atoms with Crippen molar-refractivity contribution in [2.75, 3.05) is 13.7 Å². The molecule has 0 heterocycles. The van der Waals surface area contributed by atoms with Crippen LogP contribution in [0.25, 0.3) is 16.5 Å². The second-order valence-corrected chi connectivity index (χ2v) is 3.12. The number of benzene rings is 1. The molecule has 0 aromatic heterocycles. The lowest BCUT2D eigenvalue weighted by Gasteiger charge is -2.03. The highest BCUT2D eigenvalue weighted by Crippen LogP contribution is 2.25. The maximum atomic E-state index is 8.07. The molecule has 0 atom stereocenters. The van der Waals surface area contributed by atoms with E-state index in [1.165, 1.54) is 0 Å². The summed E-state index contributed by atoms with van der Waals surface area (Å²) in [7, 11) is 1.56. The number of hydrogen-bond acceptors (Lipinski definition) is 2. The van der Waals surface area contributed by atoms with Gasteiger partial charge in [-0.05, 0) is 23.2 Å². The van der Waals surface area contributed by atoms with Gasteiger partial charge in [-0.2, -0.15) is 0 Å². The summed E-state index contributed by atoms with van der Waals surface area (Å²) >= 11 is 5.86. The highest BCUT2D eigenvalue weighted by molar-refractivity contribution is 6.32. The average molecular weight is 224 g/mol. The SMILES string of the molecule is COc1cc(C=CCN=[N+]=[N-])ccc1Cl. The Kier molecular flexibility index (Phi) is 4.54. The normalized spacial score (nSPS) is 10.0. The topological polar surface area (TPSA) is 58.0 Å². The molecule has 0 saturated heterocycles. The lowest BCUT2D eigenvalue weighted by Crippen LogP contribution is -1.84. The number of hydrogen-bond donors (Lipinski definition) is 0. The van der Waals surface area contributed by atoms with Crippen molar-refractivity contribution in [1.82, 2.24) is 0 Å². The number of azide groups is 1. The van der Waals surface area contributed by atoms with Gasteiger partial charge in [-0.25, -0.2) is 0 Å². The van der Waals surface area contributed by atoms with Crippen molar-refractivity contribution < 1.29 is 4.74 Å². The molecule has 4 nitrogen and oxygen atoms in total. The van der Waals surface area contributed by atoms with Gasteiger partial charge in [0.25, 0.3) is 0 Å². The first-order valence-electron chi connectivity index (χ1n) is 4.29. The average Bonchev–Trinajstić information content (AvgIpc) is 2.26. The molecule has 0 amide bonds. The van der Waals surface area contributed by atoms with Crippen LogP contribution in [-0.4, -0.2) is 13.7 Å². The van der Waals surface area contributed by atoms with E-state index in [4.69, 9.17) is 21.9 Å². The van der Waals surface area contributed by atoms with Gasteiger partial charge in [-0.3, -0.25) is 0 Å². The first kappa shape index (κ1) is 11.4. The van der Waals surface area contributed by atoms with E-state index < -0.39 is 0 Å². The smallest absolute Gasteiger partial charge is 0.138 e. The summed E-state index contributed by atoms with van der Waals surface area (Å²) in [5.41, 5.74) is 9.02. The zero-order chi connectivity index (χ0) is 11.1. The maximum absolute atomic E-state index is 8.07. The molecule has 0 aliphatic rings. The second kappa shape index (κ2) is 5.96. The van der Waals surface area contributed by atoms with Gasteiger partial charge in [0.2, 0.25) is 0 Å². The fraction of sp³-hybridized carbons (Fsp3) is 0.200. The minimum Gasteiger partial charge on any atom is -0.495 e. The van der Waals surface area contributed by atoms with Crippen LogP contribution < -0.4 is 4.74 Å². The van der Waals surface area contributed by atoms with Crippen molar-refractivity contribution >= 4 is 17.7 Å². The van der Waals surface area contributed by atoms with Crippen LogP contribution in [0.1, 0.15) is 5.56 Å². The Bertz CT molecular complexity index is 411. The Morgan fingerprint density at radius 1 is 1.60 bits per heavy atom. The van der Waals surface area contributed by atoms with Crippen molar-refractivity contribution in [3.05, 3.63) is 45.3 Å². The third-order valence-electron chi connectivity index (χ3n) is 1.74. The highest BCUT2D eigenvalue weighted by Gasteiger charge is 1.98. The predicted molar refractivity (Wildman–Crippen MR) is 61.1 cm³/mol. The molecule has 0 fully saturated rings. The molecule has 15 heavy (non-hydrogen) atoms. The van der Waals surface area contributed by atoms with Gasteiger partial charge in [-0.15, -0.1) is 0 Å². The van der Waals surface area contributed by atoms with Crippen LogP contribution in [0, 0.1) is 0 Å². The molecule has 0 bridgehead atoms. The summed E-state index contributed by atoms with van der Waals surface area (Å²) in [6.07, 6.45) is 3.61. The van der Waals surface area contributed by atoms with Gasteiger partial charge < -0.3 is 4.74 Å². The Balaban J connectivity index is 2.78. The van der Waals surface area contributed by atoms with Crippen LogP contribution >= 0.6 is 11.6 Å². The predicted octanol–water partition coefficient (Wildman–Crippen LogP) is 3.67. The van der Waals surface area contributed by atoms with E-state index in [2.05, 4.69) is 10.0 Å². The molecule has 78 valence electrons. The third-order valence-corrected chi connectivity index (χ3v) is 2.05. The Hall–Kier alpha value is -1.64. The van der Waals surface area contributed by atoms with E-state index in [1.54, 1.807) is 19.3 Å². The molecule has 5 heteroatoms. The van der Waals surface area contributed by atoms with E-state index in [9.17, 15) is 0 Å². The van der Waals surface area contributed by atoms with E-state index in [0.29, 0.717) is 17.3 Å². The van der Waals surface area contributed by atoms with Gasteiger partial charge in [0.1, 0.15) is 5.75 Å². The summed E-state index contributed by atoms with van der Waals surface area (Å²) in [5.74, 6) is 0.627. The lowest BCUT2D eigenvalue weighted by atomic mass is 10.2. The summed E-state index contributed by atoms with van der Waals surface area (Å²) in [5, 5.41) is 3.96. The number of halogens is 1. The molecule has 0 saturated carbocycles. The fourth-order valence-corrected chi connectivity index (χ4v) is 1.25. The Morgan fingerprint density at radius 2 is 2.40 bits per heavy atom. The van der Waals surface area contributed by atoms with Crippen LogP contribution in [0.15, 0.2) is 29.4 Å². The molecule has 0 N–H and O–H groups in total. The molecule has 0 spiro atoms. The maximum Gasteiger partial charge on any atom is 0.138 e. The quantitative estimate of drug-likeness (QED) is 0.436. The van der Waals surface area contributed by atoms with Crippen molar-refractivity contribution in [2.24, 2.45) is 5.11 Å². The van der Waals surface area contributed by atoms with Crippen LogP contribution in [0.2, 0.25) is 5.02 Å². The van der Waals surface area contributed by atoms with E-state index in [-0.39, 0.29) is 0 Å². The van der Waals surface area contributed by atoms with Gasteiger partial charge in [-0.1, -0.05) is 34.9 Å². The summed E-state index contributed by atoms with van der Waals surface area (Å²) in [6, 6.07) is 5.43. The molecule has 1 aromatic rings. The van der Waals surface area contributed by atoms with E-state index in [1.807, 2.05) is 18.2 Å². The molecule has 1 rings (SSSR count). The van der Waals surface area contributed by atoms with E-state index >= 15 is 0 Å². The fourth-order valence-electron chi connectivity index (χ4n) is 1.05. The molecule has 1 aromatic carbocycles.